The zero-order valence-electron chi connectivity index (χ0n) is 11.0. The fourth-order valence-corrected chi connectivity index (χ4v) is 1.24. The summed E-state index contributed by atoms with van der Waals surface area (Å²) in [4.78, 5) is 18.1. The lowest BCUT2D eigenvalue weighted by atomic mass is 10.1. The molecule has 1 amide bonds. The molecular formula is C12H20N4O. The van der Waals surface area contributed by atoms with Gasteiger partial charge in [0.15, 0.2) is 5.82 Å². The number of aromatic nitrogens is 1. The van der Waals surface area contributed by atoms with E-state index in [0.717, 1.165) is 5.82 Å². The molecule has 1 aromatic heterocycles. The number of nitrogens with one attached hydrogen (secondary N) is 2. The third-order valence-electron chi connectivity index (χ3n) is 2.65. The maximum absolute atomic E-state index is 12.0. The molecule has 0 aliphatic rings. The summed E-state index contributed by atoms with van der Waals surface area (Å²) in [6.07, 6.45) is 1.70. The monoisotopic (exact) mass is 236 g/mol. The Labute approximate surface area is 102 Å². The Morgan fingerprint density at radius 2 is 2.06 bits per heavy atom. The van der Waals surface area contributed by atoms with E-state index in [4.69, 9.17) is 0 Å². The molecule has 17 heavy (non-hydrogen) atoms. The molecular weight excluding hydrogens is 216 g/mol. The van der Waals surface area contributed by atoms with Gasteiger partial charge in [-0.3, -0.25) is 4.79 Å². The summed E-state index contributed by atoms with van der Waals surface area (Å²) in [5.41, 5.74) is 0.102. The second-order valence-corrected chi connectivity index (χ2v) is 4.60. The Morgan fingerprint density at radius 1 is 1.41 bits per heavy atom. The summed E-state index contributed by atoms with van der Waals surface area (Å²) in [6, 6.07) is 3.64. The normalized spacial score (nSPS) is 11.1. The summed E-state index contributed by atoms with van der Waals surface area (Å²) < 4.78 is 0. The van der Waals surface area contributed by atoms with Gasteiger partial charge in [-0.15, -0.1) is 0 Å². The Balaban J connectivity index is 2.93. The van der Waals surface area contributed by atoms with Gasteiger partial charge in [-0.25, -0.2) is 4.98 Å². The predicted molar refractivity (Wildman–Crippen MR) is 70.3 cm³/mol. The maximum Gasteiger partial charge on any atom is 0.244 e. The fraction of sp³-hybridized carbons (Fsp3) is 0.500. The van der Waals surface area contributed by atoms with Crippen molar-refractivity contribution in [3.8, 4) is 0 Å². The van der Waals surface area contributed by atoms with Gasteiger partial charge in [-0.1, -0.05) is 0 Å². The Bertz CT molecular complexity index is 401. The quantitative estimate of drug-likeness (QED) is 0.821. The van der Waals surface area contributed by atoms with E-state index in [-0.39, 0.29) is 5.91 Å². The zero-order valence-corrected chi connectivity index (χ0v) is 11.0. The Hall–Kier alpha value is -1.62. The van der Waals surface area contributed by atoms with Gasteiger partial charge in [0.2, 0.25) is 5.91 Å². The molecule has 5 nitrogen and oxygen atoms in total. The summed E-state index contributed by atoms with van der Waals surface area (Å²) >= 11 is 0. The molecule has 0 saturated heterocycles. The van der Waals surface area contributed by atoms with Gasteiger partial charge in [-0.05, 0) is 33.0 Å². The van der Waals surface area contributed by atoms with Crippen LogP contribution in [0, 0.1) is 0 Å². The molecule has 0 fully saturated rings. The third-order valence-corrected chi connectivity index (χ3v) is 2.65. The van der Waals surface area contributed by atoms with E-state index in [0.29, 0.717) is 5.69 Å². The van der Waals surface area contributed by atoms with Gasteiger partial charge in [0.25, 0.3) is 0 Å². The summed E-state index contributed by atoms with van der Waals surface area (Å²) in [7, 11) is 5.54. The number of likely N-dealkylation sites (N-methyl/N-ethyl adjacent to an activating group) is 1. The molecule has 0 atom stereocenters. The van der Waals surface area contributed by atoms with Crippen LogP contribution in [0.2, 0.25) is 0 Å². The lowest BCUT2D eigenvalue weighted by Gasteiger charge is -2.24. The van der Waals surface area contributed by atoms with Crippen LogP contribution in [0.25, 0.3) is 0 Å². The highest BCUT2D eigenvalue weighted by atomic mass is 16.2. The van der Waals surface area contributed by atoms with Crippen LogP contribution in [0.3, 0.4) is 0 Å². The first-order chi connectivity index (χ1) is 7.88. The van der Waals surface area contributed by atoms with Crippen molar-refractivity contribution in [3.05, 3.63) is 18.3 Å². The largest absolute Gasteiger partial charge is 0.361 e. The first kappa shape index (κ1) is 13.4. The van der Waals surface area contributed by atoms with Crippen molar-refractivity contribution in [2.45, 2.75) is 19.4 Å². The van der Waals surface area contributed by atoms with Crippen molar-refractivity contribution in [2.75, 3.05) is 31.4 Å². The van der Waals surface area contributed by atoms with E-state index in [1.54, 1.807) is 19.3 Å². The summed E-state index contributed by atoms with van der Waals surface area (Å²) in [5, 5.41) is 5.84. The molecule has 1 rings (SSSR count). The average Bonchev–Trinajstić information content (AvgIpc) is 2.29. The standard InChI is InChI=1S/C12H20N4O/c1-12(2,13-3)11(17)15-9-7-6-8-14-10(9)16(4)5/h6-8,13H,1-5H3,(H,15,17). The average molecular weight is 236 g/mol. The second-order valence-electron chi connectivity index (χ2n) is 4.60. The van der Waals surface area contributed by atoms with Crippen LogP contribution in [-0.2, 0) is 4.79 Å². The van der Waals surface area contributed by atoms with Crippen LogP contribution < -0.4 is 15.5 Å². The molecule has 0 aromatic carbocycles. The fourth-order valence-electron chi connectivity index (χ4n) is 1.24. The minimum Gasteiger partial charge on any atom is -0.361 e. The van der Waals surface area contributed by atoms with Gasteiger partial charge in [-0.2, -0.15) is 0 Å². The highest BCUT2D eigenvalue weighted by Crippen LogP contribution is 2.21. The van der Waals surface area contributed by atoms with Crippen molar-refractivity contribution < 1.29 is 4.79 Å². The smallest absolute Gasteiger partial charge is 0.244 e. The number of carbonyl (C=O) groups excluding carboxylic acids is 1. The van der Waals surface area contributed by atoms with Crippen LogP contribution in [0.15, 0.2) is 18.3 Å². The number of carbonyl (C=O) groups is 1. The first-order valence-electron chi connectivity index (χ1n) is 5.51. The van der Waals surface area contributed by atoms with Gasteiger partial charge in [0.05, 0.1) is 11.2 Å². The van der Waals surface area contributed by atoms with Gasteiger partial charge >= 0.3 is 0 Å². The number of rotatable bonds is 4. The number of hydrogen-bond donors (Lipinski definition) is 2. The molecule has 2 N–H and O–H groups in total. The van der Waals surface area contributed by atoms with Crippen molar-refractivity contribution in [2.24, 2.45) is 0 Å². The van der Waals surface area contributed by atoms with Crippen LogP contribution in [0.1, 0.15) is 13.8 Å². The Morgan fingerprint density at radius 3 is 2.59 bits per heavy atom. The first-order valence-corrected chi connectivity index (χ1v) is 5.51. The lowest BCUT2D eigenvalue weighted by molar-refractivity contribution is -0.121. The predicted octanol–water partition coefficient (Wildman–Crippen LogP) is 1.08. The molecule has 0 aliphatic carbocycles. The number of nitrogens with zero attached hydrogens (tertiary/aromatic N) is 2. The molecule has 1 heterocycles. The number of hydrogen-bond acceptors (Lipinski definition) is 4. The zero-order chi connectivity index (χ0) is 13.1. The lowest BCUT2D eigenvalue weighted by Crippen LogP contribution is -2.48. The third kappa shape index (κ3) is 3.17. The minimum absolute atomic E-state index is 0.0869. The van der Waals surface area contributed by atoms with E-state index in [2.05, 4.69) is 15.6 Å². The van der Waals surface area contributed by atoms with Crippen molar-refractivity contribution >= 4 is 17.4 Å². The number of anilines is 2. The molecule has 94 valence electrons. The van der Waals surface area contributed by atoms with E-state index in [1.807, 2.05) is 38.9 Å². The van der Waals surface area contributed by atoms with Gasteiger partial charge in [0.1, 0.15) is 0 Å². The van der Waals surface area contributed by atoms with E-state index < -0.39 is 5.54 Å². The summed E-state index contributed by atoms with van der Waals surface area (Å²) in [5.74, 6) is 0.656. The molecule has 0 radical (unpaired) electrons. The van der Waals surface area contributed by atoms with Gasteiger partial charge in [0, 0.05) is 20.3 Å². The number of amides is 1. The van der Waals surface area contributed by atoms with E-state index >= 15 is 0 Å². The van der Waals surface area contributed by atoms with Crippen molar-refractivity contribution in [3.63, 3.8) is 0 Å². The molecule has 0 bridgehead atoms. The summed E-state index contributed by atoms with van der Waals surface area (Å²) in [6.45, 7) is 3.65. The SMILES string of the molecule is CNC(C)(C)C(=O)Nc1cccnc1N(C)C. The highest BCUT2D eigenvalue weighted by molar-refractivity contribution is 5.99. The van der Waals surface area contributed by atoms with Crippen LogP contribution >= 0.6 is 0 Å². The van der Waals surface area contributed by atoms with Crippen LogP contribution in [0.5, 0.6) is 0 Å². The van der Waals surface area contributed by atoms with Crippen molar-refractivity contribution in [1.82, 2.24) is 10.3 Å². The molecule has 0 aliphatic heterocycles. The molecule has 0 saturated carbocycles. The van der Waals surface area contributed by atoms with Crippen LogP contribution in [0.4, 0.5) is 11.5 Å². The Kier molecular flexibility index (Phi) is 4.07. The second kappa shape index (κ2) is 5.14. The topological polar surface area (TPSA) is 57.3 Å². The van der Waals surface area contributed by atoms with E-state index in [9.17, 15) is 4.79 Å². The van der Waals surface area contributed by atoms with E-state index in [1.165, 1.54) is 0 Å². The molecule has 0 spiro atoms. The molecule has 0 unspecified atom stereocenters. The number of pyridine rings is 1. The highest BCUT2D eigenvalue weighted by Gasteiger charge is 2.26. The maximum atomic E-state index is 12.0. The minimum atomic E-state index is -0.612. The van der Waals surface area contributed by atoms with Crippen LogP contribution in [-0.4, -0.2) is 37.6 Å². The molecule has 5 heteroatoms. The van der Waals surface area contributed by atoms with Gasteiger partial charge < -0.3 is 15.5 Å². The molecule has 1 aromatic rings. The van der Waals surface area contributed by atoms with Crippen molar-refractivity contribution in [1.29, 1.82) is 0 Å².